The van der Waals surface area contributed by atoms with E-state index in [2.05, 4.69) is 6.08 Å². The highest BCUT2D eigenvalue weighted by Crippen LogP contribution is 2.55. The summed E-state index contributed by atoms with van der Waals surface area (Å²) in [4.78, 5) is 12.1. The van der Waals surface area contributed by atoms with Crippen molar-refractivity contribution in [3.63, 3.8) is 0 Å². The predicted molar refractivity (Wildman–Crippen MR) is 55.9 cm³/mol. The molecular formula is C13H18O. The van der Waals surface area contributed by atoms with Crippen molar-refractivity contribution in [3.8, 4) is 0 Å². The third kappa shape index (κ3) is 1.43. The molecule has 2 saturated carbocycles. The van der Waals surface area contributed by atoms with E-state index < -0.39 is 0 Å². The lowest BCUT2D eigenvalue weighted by atomic mass is 9.87. The quantitative estimate of drug-likeness (QED) is 0.654. The molecule has 0 aromatic carbocycles. The summed E-state index contributed by atoms with van der Waals surface area (Å²) in [5.74, 6) is 2.81. The molecule has 0 aliphatic heterocycles. The van der Waals surface area contributed by atoms with E-state index in [4.69, 9.17) is 0 Å². The Hall–Kier alpha value is -0.590. The minimum Gasteiger partial charge on any atom is -0.294 e. The predicted octanol–water partition coefficient (Wildman–Crippen LogP) is 3.10. The summed E-state index contributed by atoms with van der Waals surface area (Å²) in [6.45, 7) is 0. The summed E-state index contributed by atoms with van der Waals surface area (Å²) in [6.07, 6.45) is 10.8. The van der Waals surface area contributed by atoms with E-state index in [-0.39, 0.29) is 0 Å². The molecule has 2 atom stereocenters. The molecule has 14 heavy (non-hydrogen) atoms. The van der Waals surface area contributed by atoms with Crippen molar-refractivity contribution in [3.05, 3.63) is 11.6 Å². The van der Waals surface area contributed by atoms with Gasteiger partial charge in [-0.1, -0.05) is 6.08 Å². The van der Waals surface area contributed by atoms with Crippen molar-refractivity contribution < 1.29 is 4.79 Å². The fourth-order valence-corrected chi connectivity index (χ4v) is 3.25. The van der Waals surface area contributed by atoms with Crippen LogP contribution in [0.1, 0.15) is 44.9 Å². The number of hydrogen-bond acceptors (Lipinski definition) is 1. The first-order chi connectivity index (χ1) is 6.84. The van der Waals surface area contributed by atoms with Crippen LogP contribution in [-0.2, 0) is 4.79 Å². The van der Waals surface area contributed by atoms with Gasteiger partial charge in [-0.3, -0.25) is 4.79 Å². The zero-order valence-corrected chi connectivity index (χ0v) is 8.67. The standard InChI is InChI=1S/C13H18O/c14-13(9-4-2-1-3-5-9)12-7-10-6-11(10)8-12/h4,10-12H,1-3,5-8H2. The van der Waals surface area contributed by atoms with Crippen LogP contribution in [0.2, 0.25) is 0 Å². The minimum atomic E-state index is 0.420. The third-order valence-electron chi connectivity index (χ3n) is 4.22. The fraction of sp³-hybridized carbons (Fsp3) is 0.769. The topological polar surface area (TPSA) is 17.1 Å². The number of fused-ring (bicyclic) bond motifs is 1. The molecule has 3 rings (SSSR count). The van der Waals surface area contributed by atoms with Crippen LogP contribution < -0.4 is 0 Å². The van der Waals surface area contributed by atoms with Crippen molar-refractivity contribution >= 4 is 5.78 Å². The maximum absolute atomic E-state index is 12.1. The molecule has 0 aromatic heterocycles. The minimum absolute atomic E-state index is 0.420. The van der Waals surface area contributed by atoms with Gasteiger partial charge in [-0.25, -0.2) is 0 Å². The third-order valence-corrected chi connectivity index (χ3v) is 4.22. The van der Waals surface area contributed by atoms with E-state index in [0.29, 0.717) is 11.7 Å². The maximum Gasteiger partial charge on any atom is 0.161 e. The second-order valence-electron chi connectivity index (χ2n) is 5.26. The van der Waals surface area contributed by atoms with Gasteiger partial charge in [-0.15, -0.1) is 0 Å². The number of carbonyl (C=O) groups is 1. The smallest absolute Gasteiger partial charge is 0.161 e. The Morgan fingerprint density at radius 2 is 1.93 bits per heavy atom. The highest BCUT2D eigenvalue weighted by Gasteiger charge is 2.48. The summed E-state index contributed by atoms with van der Waals surface area (Å²) in [5.41, 5.74) is 1.17. The van der Waals surface area contributed by atoms with E-state index in [9.17, 15) is 4.79 Å². The molecule has 0 radical (unpaired) electrons. The largest absolute Gasteiger partial charge is 0.294 e. The van der Waals surface area contributed by atoms with Crippen LogP contribution in [-0.4, -0.2) is 5.78 Å². The molecule has 0 amide bonds. The Kier molecular flexibility index (Phi) is 2.00. The average Bonchev–Trinajstić information content (AvgIpc) is 2.86. The van der Waals surface area contributed by atoms with Gasteiger partial charge in [0.15, 0.2) is 5.78 Å². The molecule has 1 nitrogen and oxygen atoms in total. The van der Waals surface area contributed by atoms with Gasteiger partial charge in [-0.05, 0) is 62.4 Å². The van der Waals surface area contributed by atoms with Gasteiger partial charge in [0.2, 0.25) is 0 Å². The monoisotopic (exact) mass is 190 g/mol. The van der Waals surface area contributed by atoms with Gasteiger partial charge < -0.3 is 0 Å². The van der Waals surface area contributed by atoms with Crippen molar-refractivity contribution in [1.82, 2.24) is 0 Å². The van der Waals surface area contributed by atoms with Crippen LogP contribution in [0.15, 0.2) is 11.6 Å². The lowest BCUT2D eigenvalue weighted by Gasteiger charge is -2.16. The SMILES string of the molecule is O=C(C1=CCCCC1)C1CC2CC2C1. The van der Waals surface area contributed by atoms with Gasteiger partial charge >= 0.3 is 0 Å². The maximum atomic E-state index is 12.1. The first-order valence-corrected chi connectivity index (χ1v) is 6.08. The van der Waals surface area contributed by atoms with Crippen LogP contribution in [0.4, 0.5) is 0 Å². The summed E-state index contributed by atoms with van der Waals surface area (Å²) in [6, 6.07) is 0. The van der Waals surface area contributed by atoms with Crippen molar-refractivity contribution in [2.24, 2.45) is 17.8 Å². The number of ketones is 1. The summed E-state index contributed by atoms with van der Waals surface area (Å²) in [7, 11) is 0. The number of hydrogen-bond donors (Lipinski definition) is 0. The van der Waals surface area contributed by atoms with Gasteiger partial charge in [-0.2, -0.15) is 0 Å². The van der Waals surface area contributed by atoms with Crippen LogP contribution in [0, 0.1) is 17.8 Å². The van der Waals surface area contributed by atoms with E-state index in [1.165, 1.54) is 37.7 Å². The van der Waals surface area contributed by atoms with Gasteiger partial charge in [0, 0.05) is 5.92 Å². The molecule has 0 bridgehead atoms. The molecule has 2 unspecified atom stereocenters. The molecule has 0 N–H and O–H groups in total. The second-order valence-corrected chi connectivity index (χ2v) is 5.26. The molecule has 76 valence electrons. The molecule has 0 aromatic rings. The molecule has 0 heterocycles. The zero-order valence-electron chi connectivity index (χ0n) is 8.67. The van der Waals surface area contributed by atoms with Crippen molar-refractivity contribution in [2.45, 2.75) is 44.9 Å². The van der Waals surface area contributed by atoms with Crippen LogP contribution in [0.5, 0.6) is 0 Å². The first kappa shape index (κ1) is 8.70. The first-order valence-electron chi connectivity index (χ1n) is 6.08. The highest BCUT2D eigenvalue weighted by molar-refractivity contribution is 5.97. The van der Waals surface area contributed by atoms with E-state index in [0.717, 1.165) is 24.7 Å². The average molecular weight is 190 g/mol. The van der Waals surface area contributed by atoms with Crippen LogP contribution >= 0.6 is 0 Å². The Labute approximate surface area is 85.6 Å². The Morgan fingerprint density at radius 1 is 1.14 bits per heavy atom. The molecule has 3 aliphatic rings. The molecule has 2 fully saturated rings. The molecule has 3 aliphatic carbocycles. The van der Waals surface area contributed by atoms with Crippen molar-refractivity contribution in [1.29, 1.82) is 0 Å². The van der Waals surface area contributed by atoms with Crippen LogP contribution in [0.25, 0.3) is 0 Å². The summed E-state index contributed by atoms with van der Waals surface area (Å²) >= 11 is 0. The van der Waals surface area contributed by atoms with E-state index in [1.807, 2.05) is 0 Å². The van der Waals surface area contributed by atoms with E-state index >= 15 is 0 Å². The normalized spacial score (nSPS) is 40.3. The number of rotatable bonds is 2. The Bertz CT molecular complexity index is 280. The van der Waals surface area contributed by atoms with Gasteiger partial charge in [0.05, 0.1) is 0 Å². The van der Waals surface area contributed by atoms with Gasteiger partial charge in [0.1, 0.15) is 0 Å². The number of carbonyl (C=O) groups excluding carboxylic acids is 1. The second kappa shape index (κ2) is 3.22. The summed E-state index contributed by atoms with van der Waals surface area (Å²) in [5, 5.41) is 0. The number of allylic oxidation sites excluding steroid dienone is 2. The molecule has 0 spiro atoms. The summed E-state index contributed by atoms with van der Waals surface area (Å²) < 4.78 is 0. The lowest BCUT2D eigenvalue weighted by Crippen LogP contribution is -2.16. The van der Waals surface area contributed by atoms with Crippen molar-refractivity contribution in [2.75, 3.05) is 0 Å². The zero-order chi connectivity index (χ0) is 9.54. The van der Waals surface area contributed by atoms with E-state index in [1.54, 1.807) is 0 Å². The van der Waals surface area contributed by atoms with Crippen LogP contribution in [0.3, 0.4) is 0 Å². The molecular weight excluding hydrogens is 172 g/mol. The van der Waals surface area contributed by atoms with Gasteiger partial charge in [0.25, 0.3) is 0 Å². The highest BCUT2D eigenvalue weighted by atomic mass is 16.1. The molecule has 1 heteroatoms. The lowest BCUT2D eigenvalue weighted by molar-refractivity contribution is -0.119. The fourth-order valence-electron chi connectivity index (χ4n) is 3.25. The Balaban J connectivity index is 1.66. The number of Topliss-reactive ketones (excluding diaryl/α,β-unsaturated/α-hetero) is 1. The Morgan fingerprint density at radius 3 is 2.57 bits per heavy atom. The molecule has 0 saturated heterocycles.